The van der Waals surface area contributed by atoms with E-state index in [1.807, 2.05) is 0 Å². The van der Waals surface area contributed by atoms with E-state index in [0.717, 1.165) is 57.8 Å². The molecule has 3 aliphatic rings. The monoisotopic (exact) mass is 1290 g/mol. The van der Waals surface area contributed by atoms with Crippen molar-refractivity contribution >= 4 is 5.91 Å². The predicted molar refractivity (Wildman–Crippen MR) is 351 cm³/mol. The van der Waals surface area contributed by atoms with E-state index in [1.165, 1.54) is 212 Å². The number of carbonyl (C=O) groups is 1. The fourth-order valence-electron chi connectivity index (χ4n) is 12.8. The van der Waals surface area contributed by atoms with E-state index >= 15 is 0 Å². The van der Waals surface area contributed by atoms with Gasteiger partial charge in [-0.05, 0) is 38.5 Å². The highest BCUT2D eigenvalue weighted by molar-refractivity contribution is 5.76. The van der Waals surface area contributed by atoms with Crippen LogP contribution in [-0.4, -0.2) is 193 Å². The first-order chi connectivity index (χ1) is 43.8. The second-order valence-corrected chi connectivity index (χ2v) is 26.8. The van der Waals surface area contributed by atoms with Gasteiger partial charge in [-0.3, -0.25) is 4.79 Å². The van der Waals surface area contributed by atoms with E-state index < -0.39 is 124 Å². The number of aliphatic hydroxyl groups is 11. The van der Waals surface area contributed by atoms with E-state index in [0.29, 0.717) is 12.8 Å². The maximum atomic E-state index is 13.4. The van der Waals surface area contributed by atoms with Crippen LogP contribution in [0.1, 0.15) is 303 Å². The van der Waals surface area contributed by atoms with Gasteiger partial charge in [0.05, 0.1) is 38.6 Å². The second kappa shape index (κ2) is 53.6. The molecule has 532 valence electrons. The molecule has 0 aliphatic carbocycles. The molecule has 3 rings (SSSR count). The Hall–Kier alpha value is -1.47. The van der Waals surface area contributed by atoms with Gasteiger partial charge < -0.3 is 89.9 Å². The summed E-state index contributed by atoms with van der Waals surface area (Å²) >= 11 is 0. The lowest BCUT2D eigenvalue weighted by atomic mass is 9.96. The molecule has 19 nitrogen and oxygen atoms in total. The number of amides is 1. The van der Waals surface area contributed by atoms with Gasteiger partial charge in [-0.25, -0.2) is 0 Å². The largest absolute Gasteiger partial charge is 0.394 e. The summed E-state index contributed by atoms with van der Waals surface area (Å²) in [6.07, 6.45) is 32.9. The van der Waals surface area contributed by atoms with Gasteiger partial charge in [0.2, 0.25) is 5.91 Å². The first-order valence-corrected chi connectivity index (χ1v) is 36.9. The van der Waals surface area contributed by atoms with Crippen molar-refractivity contribution in [2.75, 3.05) is 26.4 Å². The Balaban J connectivity index is 1.40. The minimum Gasteiger partial charge on any atom is -0.394 e. The lowest BCUT2D eigenvalue weighted by Crippen LogP contribution is -2.66. The Morgan fingerprint density at radius 3 is 1.08 bits per heavy atom. The summed E-state index contributed by atoms with van der Waals surface area (Å²) in [6.45, 7) is 1.84. The molecule has 90 heavy (non-hydrogen) atoms. The molecule has 3 fully saturated rings. The number of carbonyl (C=O) groups excluding carboxylic acids is 1. The van der Waals surface area contributed by atoms with Gasteiger partial charge in [-0.15, -0.1) is 0 Å². The zero-order valence-electron chi connectivity index (χ0n) is 56.4. The van der Waals surface area contributed by atoms with Crippen molar-refractivity contribution in [1.29, 1.82) is 0 Å². The number of hydrogen-bond acceptors (Lipinski definition) is 18. The Kier molecular flexibility index (Phi) is 49.3. The summed E-state index contributed by atoms with van der Waals surface area (Å²) in [5.41, 5.74) is 0. The molecule has 0 spiro atoms. The molecule has 0 aromatic heterocycles. The molecule has 17 unspecified atom stereocenters. The number of aliphatic hydroxyl groups excluding tert-OH is 11. The molecular weight excluding hydrogens is 1150 g/mol. The highest BCUT2D eigenvalue weighted by Gasteiger charge is 2.53. The van der Waals surface area contributed by atoms with Crippen molar-refractivity contribution in [3.05, 3.63) is 12.2 Å². The summed E-state index contributed by atoms with van der Waals surface area (Å²) in [5, 5.41) is 121. The molecule has 3 heterocycles. The van der Waals surface area contributed by atoms with E-state index in [4.69, 9.17) is 28.4 Å². The minimum atomic E-state index is -1.97. The molecule has 1 amide bonds. The van der Waals surface area contributed by atoms with Gasteiger partial charge in [0.25, 0.3) is 0 Å². The van der Waals surface area contributed by atoms with Crippen LogP contribution in [0.2, 0.25) is 0 Å². The number of ether oxygens (including phenoxy) is 6. The Morgan fingerprint density at radius 1 is 0.389 bits per heavy atom. The number of unbranched alkanes of at least 4 members (excludes halogenated alkanes) is 40. The third kappa shape index (κ3) is 35.0. The summed E-state index contributed by atoms with van der Waals surface area (Å²) in [4.78, 5) is 13.4. The van der Waals surface area contributed by atoms with E-state index in [1.54, 1.807) is 0 Å². The predicted octanol–water partition coefficient (Wildman–Crippen LogP) is 10.4. The fourth-order valence-corrected chi connectivity index (χ4v) is 12.8. The van der Waals surface area contributed by atoms with Gasteiger partial charge in [0.15, 0.2) is 18.9 Å². The summed E-state index contributed by atoms with van der Waals surface area (Å²) in [5.74, 6) is -0.242. The standard InChI is InChI=1S/C71H135NO18/c1-3-5-7-9-11-13-15-17-19-21-23-24-25-26-27-28-29-30-31-32-34-36-38-40-42-44-46-48-55(76)54(72-59(77)49-47-45-43-41-39-37-35-33-22-20-18-16-14-12-10-8-6-4-2)53-85-69-65(83)62(80)67(57(51-74)87-69)90-71-66(84)63(81)68(58(52-75)88-71)89-70-64(82)61(79)60(78)56(50-73)86-70/h20,22,54-58,60-71,73-76,78-84H,3-19,21,23-53H2,1-2H3,(H,72,77)/b22-20-. The molecule has 3 aliphatic heterocycles. The molecule has 12 N–H and O–H groups in total. The van der Waals surface area contributed by atoms with Crippen molar-refractivity contribution in [2.45, 2.75) is 407 Å². The second-order valence-electron chi connectivity index (χ2n) is 26.8. The normalized spacial score (nSPS) is 28.0. The zero-order valence-corrected chi connectivity index (χ0v) is 56.4. The van der Waals surface area contributed by atoms with Crippen molar-refractivity contribution in [3.63, 3.8) is 0 Å². The van der Waals surface area contributed by atoms with Crippen LogP contribution in [-0.2, 0) is 33.2 Å². The average molecular weight is 1290 g/mol. The topological polar surface area (TPSA) is 307 Å². The molecule has 17 atom stereocenters. The zero-order chi connectivity index (χ0) is 65.4. The lowest BCUT2D eigenvalue weighted by molar-refractivity contribution is -0.379. The van der Waals surface area contributed by atoms with Gasteiger partial charge in [-0.2, -0.15) is 0 Å². The van der Waals surface area contributed by atoms with Gasteiger partial charge in [0.1, 0.15) is 73.2 Å². The quantitative estimate of drug-likeness (QED) is 0.0199. The van der Waals surface area contributed by atoms with Crippen LogP contribution in [0.3, 0.4) is 0 Å². The van der Waals surface area contributed by atoms with E-state index in [-0.39, 0.29) is 18.9 Å². The lowest BCUT2D eigenvalue weighted by Gasteiger charge is -2.48. The Labute approximate surface area is 544 Å². The molecular formula is C71H135NO18. The molecule has 19 heteroatoms. The summed E-state index contributed by atoms with van der Waals surface area (Å²) in [7, 11) is 0. The smallest absolute Gasteiger partial charge is 0.220 e. The first kappa shape index (κ1) is 82.8. The maximum Gasteiger partial charge on any atom is 0.220 e. The highest BCUT2D eigenvalue weighted by Crippen LogP contribution is 2.33. The number of rotatable bonds is 58. The van der Waals surface area contributed by atoms with Crippen LogP contribution in [0.5, 0.6) is 0 Å². The molecule has 0 radical (unpaired) electrons. The maximum absolute atomic E-state index is 13.4. The van der Waals surface area contributed by atoms with Crippen molar-refractivity contribution in [1.82, 2.24) is 5.32 Å². The minimum absolute atomic E-state index is 0.242. The highest BCUT2D eigenvalue weighted by atomic mass is 16.8. The molecule has 0 bridgehead atoms. The number of allylic oxidation sites excluding steroid dienone is 2. The van der Waals surface area contributed by atoms with Crippen LogP contribution >= 0.6 is 0 Å². The number of nitrogens with one attached hydrogen (secondary N) is 1. The summed E-state index contributed by atoms with van der Waals surface area (Å²) in [6, 6.07) is -0.888. The van der Waals surface area contributed by atoms with Gasteiger partial charge in [-0.1, -0.05) is 270 Å². The molecule has 0 saturated carbocycles. The SMILES string of the molecule is CCCCCCCCC/C=C\CCCCCCCCCC(=O)NC(COC1OC(CO)C(OC2OC(CO)C(OC3OC(CO)C(O)C(O)C3O)C(O)C2O)C(O)C1O)C(O)CCCCCCCCCCCCCCCCCCCCCCCCCCCCC. The van der Waals surface area contributed by atoms with Crippen LogP contribution in [0.25, 0.3) is 0 Å². The first-order valence-electron chi connectivity index (χ1n) is 36.9. The van der Waals surface area contributed by atoms with E-state index in [9.17, 15) is 61.0 Å². The number of hydrogen-bond donors (Lipinski definition) is 12. The van der Waals surface area contributed by atoms with Gasteiger partial charge >= 0.3 is 0 Å². The fraction of sp³-hybridized carbons (Fsp3) is 0.958. The Morgan fingerprint density at radius 2 is 0.700 bits per heavy atom. The third-order valence-corrected chi connectivity index (χ3v) is 18.8. The van der Waals surface area contributed by atoms with Gasteiger partial charge in [0, 0.05) is 6.42 Å². The van der Waals surface area contributed by atoms with Crippen molar-refractivity contribution in [2.24, 2.45) is 0 Å². The summed E-state index contributed by atoms with van der Waals surface area (Å²) < 4.78 is 34.5. The van der Waals surface area contributed by atoms with Crippen LogP contribution in [0.15, 0.2) is 12.2 Å². The average Bonchev–Trinajstić information content (AvgIpc) is 0.847. The molecule has 0 aromatic carbocycles. The van der Waals surface area contributed by atoms with Crippen molar-refractivity contribution < 1.29 is 89.4 Å². The van der Waals surface area contributed by atoms with Crippen LogP contribution in [0.4, 0.5) is 0 Å². The third-order valence-electron chi connectivity index (χ3n) is 18.8. The van der Waals surface area contributed by atoms with Crippen LogP contribution in [0, 0.1) is 0 Å². The molecule has 0 aromatic rings. The van der Waals surface area contributed by atoms with Crippen molar-refractivity contribution in [3.8, 4) is 0 Å². The Bertz CT molecular complexity index is 1680. The molecule has 3 saturated heterocycles. The van der Waals surface area contributed by atoms with Crippen LogP contribution < -0.4 is 5.32 Å². The van der Waals surface area contributed by atoms with E-state index in [2.05, 4.69) is 31.3 Å².